The number of likely N-dealkylation sites (N-methyl/N-ethyl adjacent to an activating group) is 1. The fraction of sp³-hybridized carbons (Fsp3) is 0.222. The van der Waals surface area contributed by atoms with Gasteiger partial charge < -0.3 is 9.32 Å². The monoisotopic (exact) mass is 388 g/mol. The maximum Gasteiger partial charge on any atom is 0.266 e. The average Bonchev–Trinajstić information content (AvgIpc) is 3.27. The van der Waals surface area contributed by atoms with E-state index in [9.17, 15) is 4.79 Å². The molecule has 25 heavy (non-hydrogen) atoms. The van der Waals surface area contributed by atoms with E-state index in [2.05, 4.69) is 17.9 Å². The number of carbonyl (C=O) groups is 1. The Morgan fingerprint density at radius 3 is 2.64 bits per heavy atom. The van der Waals surface area contributed by atoms with Crippen molar-refractivity contribution in [3.63, 3.8) is 0 Å². The van der Waals surface area contributed by atoms with Crippen molar-refractivity contribution in [1.29, 1.82) is 0 Å². The summed E-state index contributed by atoms with van der Waals surface area (Å²) in [4.78, 5) is 18.1. The Morgan fingerprint density at radius 2 is 1.92 bits per heavy atom. The SMILES string of the molecule is CCN1C(=O)/C(=C\C=C2/Sc3c(ccc4occc34)N2CC)SC1=S. The van der Waals surface area contributed by atoms with Gasteiger partial charge in [-0.3, -0.25) is 9.69 Å². The Kier molecular flexibility index (Phi) is 4.39. The van der Waals surface area contributed by atoms with Crippen LogP contribution in [0.25, 0.3) is 11.0 Å². The summed E-state index contributed by atoms with van der Waals surface area (Å²) in [5.74, 6) is -0.00451. The average molecular weight is 389 g/mol. The molecule has 3 heterocycles. The van der Waals surface area contributed by atoms with Gasteiger partial charge in [-0.15, -0.1) is 0 Å². The molecule has 0 spiro atoms. The van der Waals surface area contributed by atoms with E-state index in [1.54, 1.807) is 22.9 Å². The summed E-state index contributed by atoms with van der Waals surface area (Å²) in [6, 6.07) is 6.10. The highest BCUT2D eigenvalue weighted by Crippen LogP contribution is 2.49. The Labute approximate surface area is 159 Å². The zero-order valence-electron chi connectivity index (χ0n) is 13.8. The fourth-order valence-electron chi connectivity index (χ4n) is 2.99. The molecule has 2 aliphatic rings. The number of thioether (sulfide) groups is 2. The van der Waals surface area contributed by atoms with Crippen LogP contribution >= 0.6 is 35.7 Å². The standard InChI is InChI=1S/C18H16N2O2S3/c1-3-19-12-5-6-13-11(9-10-22-13)16(12)25-15(19)8-7-14-17(21)20(4-2)18(23)24-14/h5-10H,3-4H2,1-2H3/b14-7+,15-8-. The third-order valence-electron chi connectivity index (χ3n) is 4.21. The van der Waals surface area contributed by atoms with E-state index >= 15 is 0 Å². The number of benzene rings is 1. The molecule has 0 bridgehead atoms. The minimum atomic E-state index is -0.00451. The third-order valence-corrected chi connectivity index (χ3v) is 6.81. The number of rotatable bonds is 3. The van der Waals surface area contributed by atoms with Crippen molar-refractivity contribution < 1.29 is 9.21 Å². The summed E-state index contributed by atoms with van der Waals surface area (Å²) in [5.41, 5.74) is 2.08. The molecule has 4 rings (SSSR count). The highest BCUT2D eigenvalue weighted by Gasteiger charge is 2.31. The van der Waals surface area contributed by atoms with Crippen molar-refractivity contribution in [3.05, 3.63) is 46.5 Å². The lowest BCUT2D eigenvalue weighted by atomic mass is 10.2. The van der Waals surface area contributed by atoms with E-state index in [1.165, 1.54) is 22.3 Å². The largest absolute Gasteiger partial charge is 0.464 e. The molecule has 128 valence electrons. The quantitative estimate of drug-likeness (QED) is 0.546. The van der Waals surface area contributed by atoms with Crippen molar-refractivity contribution in [2.24, 2.45) is 0 Å². The molecule has 1 aromatic carbocycles. The summed E-state index contributed by atoms with van der Waals surface area (Å²) in [6.45, 7) is 5.53. The molecule has 0 saturated carbocycles. The number of anilines is 1. The topological polar surface area (TPSA) is 36.7 Å². The van der Waals surface area contributed by atoms with Crippen molar-refractivity contribution in [1.82, 2.24) is 4.90 Å². The Morgan fingerprint density at radius 1 is 1.12 bits per heavy atom. The second kappa shape index (κ2) is 6.55. The van der Waals surface area contributed by atoms with Gasteiger partial charge in [-0.05, 0) is 44.2 Å². The van der Waals surface area contributed by atoms with Crippen LogP contribution in [-0.2, 0) is 4.79 Å². The lowest BCUT2D eigenvalue weighted by Gasteiger charge is -2.17. The van der Waals surface area contributed by atoms with Crippen LogP contribution < -0.4 is 4.90 Å². The van der Waals surface area contributed by atoms with E-state index in [-0.39, 0.29) is 5.91 Å². The first-order valence-electron chi connectivity index (χ1n) is 8.05. The van der Waals surface area contributed by atoms with Crippen molar-refractivity contribution in [3.8, 4) is 0 Å². The number of furan rings is 1. The molecule has 4 nitrogen and oxygen atoms in total. The predicted molar refractivity (Wildman–Crippen MR) is 109 cm³/mol. The molecule has 1 fully saturated rings. The number of allylic oxidation sites excluding steroid dienone is 2. The van der Waals surface area contributed by atoms with Gasteiger partial charge in [0.2, 0.25) is 0 Å². The van der Waals surface area contributed by atoms with Crippen LogP contribution in [0, 0.1) is 0 Å². The summed E-state index contributed by atoms with van der Waals surface area (Å²) < 4.78 is 6.14. The van der Waals surface area contributed by atoms with Crippen LogP contribution in [0.15, 0.2) is 55.9 Å². The van der Waals surface area contributed by atoms with E-state index < -0.39 is 0 Å². The number of hydrogen-bond acceptors (Lipinski definition) is 6. The molecule has 1 amide bonds. The van der Waals surface area contributed by atoms with Crippen molar-refractivity contribution in [2.75, 3.05) is 18.0 Å². The van der Waals surface area contributed by atoms with Crippen LogP contribution in [0.3, 0.4) is 0 Å². The Balaban J connectivity index is 1.69. The second-order valence-corrected chi connectivity index (χ2v) is 8.25. The molecule has 2 aliphatic heterocycles. The highest BCUT2D eigenvalue weighted by atomic mass is 32.2. The maximum absolute atomic E-state index is 12.3. The molecule has 1 aromatic heterocycles. The molecule has 7 heteroatoms. The van der Waals surface area contributed by atoms with Gasteiger partial charge in [0.1, 0.15) is 9.90 Å². The van der Waals surface area contributed by atoms with Crippen molar-refractivity contribution in [2.45, 2.75) is 18.7 Å². The van der Waals surface area contributed by atoms with Gasteiger partial charge >= 0.3 is 0 Å². The molecule has 0 N–H and O–H groups in total. The summed E-state index contributed by atoms with van der Waals surface area (Å²) in [5, 5.41) is 2.23. The summed E-state index contributed by atoms with van der Waals surface area (Å²) in [6.07, 6.45) is 5.63. The number of nitrogens with zero attached hydrogens (tertiary/aromatic N) is 2. The van der Waals surface area contributed by atoms with Gasteiger partial charge in [-0.2, -0.15) is 0 Å². The maximum atomic E-state index is 12.3. The molecule has 2 aromatic rings. The van der Waals surface area contributed by atoms with Crippen molar-refractivity contribution >= 4 is 62.6 Å². The molecule has 0 aliphatic carbocycles. The number of amides is 1. The number of thiocarbonyl (C=S) groups is 1. The van der Waals surface area contributed by atoms with E-state index in [4.69, 9.17) is 16.6 Å². The van der Waals surface area contributed by atoms with Gasteiger partial charge in [0.15, 0.2) is 0 Å². The van der Waals surface area contributed by atoms with Gasteiger partial charge in [-0.1, -0.05) is 35.7 Å². The van der Waals surface area contributed by atoms with Crippen LogP contribution in [0.5, 0.6) is 0 Å². The van der Waals surface area contributed by atoms with Crippen LogP contribution in [0.2, 0.25) is 0 Å². The molecular weight excluding hydrogens is 372 g/mol. The normalized spacial score (nSPS) is 20.6. The van der Waals surface area contributed by atoms with Crippen LogP contribution in [0.1, 0.15) is 13.8 Å². The summed E-state index contributed by atoms with van der Waals surface area (Å²) >= 11 is 8.35. The second-order valence-electron chi connectivity index (χ2n) is 5.55. The zero-order chi connectivity index (χ0) is 17.6. The molecular formula is C18H16N2O2S3. The van der Waals surface area contributed by atoms with Gasteiger partial charge in [0.05, 0.1) is 21.9 Å². The minimum absolute atomic E-state index is 0.00451. The first-order valence-corrected chi connectivity index (χ1v) is 10.1. The highest BCUT2D eigenvalue weighted by molar-refractivity contribution is 8.26. The van der Waals surface area contributed by atoms with Crippen LogP contribution in [-0.4, -0.2) is 28.2 Å². The number of fused-ring (bicyclic) bond motifs is 3. The molecule has 1 saturated heterocycles. The van der Waals surface area contributed by atoms with E-state index in [0.717, 1.165) is 22.5 Å². The molecule has 0 atom stereocenters. The number of carbonyl (C=O) groups excluding carboxylic acids is 1. The lowest BCUT2D eigenvalue weighted by Crippen LogP contribution is -2.27. The first-order chi connectivity index (χ1) is 12.1. The third kappa shape index (κ3) is 2.70. The Hall–Kier alpha value is -1.70. The van der Waals surface area contributed by atoms with Gasteiger partial charge in [-0.25, -0.2) is 0 Å². The number of hydrogen-bond donors (Lipinski definition) is 0. The summed E-state index contributed by atoms with van der Waals surface area (Å²) in [7, 11) is 0. The first kappa shape index (κ1) is 16.8. The minimum Gasteiger partial charge on any atom is -0.464 e. The fourth-order valence-corrected chi connectivity index (χ4v) is 5.56. The smallest absolute Gasteiger partial charge is 0.266 e. The molecule has 0 radical (unpaired) electrons. The zero-order valence-corrected chi connectivity index (χ0v) is 16.3. The van der Waals surface area contributed by atoms with Crippen LogP contribution in [0.4, 0.5) is 5.69 Å². The predicted octanol–water partition coefficient (Wildman–Crippen LogP) is 4.97. The van der Waals surface area contributed by atoms with E-state index in [0.29, 0.717) is 15.8 Å². The van der Waals surface area contributed by atoms with Gasteiger partial charge in [0, 0.05) is 23.4 Å². The molecule has 0 unspecified atom stereocenters. The van der Waals surface area contributed by atoms with E-state index in [1.807, 2.05) is 31.2 Å². The Bertz CT molecular complexity index is 945. The lowest BCUT2D eigenvalue weighted by molar-refractivity contribution is -0.122. The van der Waals surface area contributed by atoms with Gasteiger partial charge in [0.25, 0.3) is 5.91 Å².